The van der Waals surface area contributed by atoms with Gasteiger partial charge in [0.1, 0.15) is 0 Å². The van der Waals surface area contributed by atoms with Gasteiger partial charge in [-0.05, 0) is 20.8 Å². The molecule has 0 saturated carbocycles. The molecule has 0 saturated heterocycles. The molecule has 0 atom stereocenters. The normalized spacial score (nSPS) is 5.47. The molecule has 0 bridgehead atoms. The molecule has 0 aromatic carbocycles. The summed E-state index contributed by atoms with van der Waals surface area (Å²) in [7, 11) is 0. The zero-order valence-corrected chi connectivity index (χ0v) is 30.1. The summed E-state index contributed by atoms with van der Waals surface area (Å²) >= 11 is 0. The third-order valence-electron chi connectivity index (χ3n) is 2.52. The maximum atomic E-state index is 6.18. The summed E-state index contributed by atoms with van der Waals surface area (Å²) in [6, 6.07) is 0. The summed E-state index contributed by atoms with van der Waals surface area (Å²) in [5, 5.41) is 0. The van der Waals surface area contributed by atoms with E-state index in [4.69, 9.17) is 19.3 Å². The van der Waals surface area contributed by atoms with Gasteiger partial charge in [0.15, 0.2) is 0 Å². The van der Waals surface area contributed by atoms with E-state index in [1.165, 1.54) is 38.5 Å². The molecule has 0 nitrogen and oxygen atoms in total. The van der Waals surface area contributed by atoms with Crippen LogP contribution in [0.5, 0.6) is 0 Å². The van der Waals surface area contributed by atoms with E-state index in [1.807, 2.05) is 17.8 Å². The molecular weight excluding hydrogens is 741 g/mol. The van der Waals surface area contributed by atoms with Gasteiger partial charge < -0.3 is 54.4 Å². The molecule has 0 rings (SSSR count). The standard InChI is InChI=1S/C6H13.C5H11.C5H10.3C5H3.CH3.2Hf/c1-3-5-6-4-2;5*1-3-5-4-2;;;/h1,3-6H2,2H3;1,3-5H2,2H3;1-5H2;3*1H3;1H3;;/q2*-1;-2;4*-1;2*+4. The van der Waals surface area contributed by atoms with Gasteiger partial charge in [0.2, 0.25) is 0 Å². The summed E-state index contributed by atoms with van der Waals surface area (Å²) in [6.07, 6.45) is 30.5. The molecule has 0 aliphatic heterocycles. The minimum absolute atomic E-state index is 0. The quantitative estimate of drug-likeness (QED) is 0.105. The van der Waals surface area contributed by atoms with Crippen LogP contribution in [0.1, 0.15) is 98.8 Å². The van der Waals surface area contributed by atoms with Gasteiger partial charge in [-0.15, -0.1) is 6.42 Å². The molecule has 0 radical (unpaired) electrons. The van der Waals surface area contributed by atoms with Crippen molar-refractivity contribution in [3.63, 3.8) is 0 Å². The van der Waals surface area contributed by atoms with Gasteiger partial charge in [-0.3, -0.25) is 35.5 Å². The molecule has 0 aliphatic carbocycles. The molecule has 182 valence electrons. The summed E-state index contributed by atoms with van der Waals surface area (Å²) in [6.45, 7) is 24.0. The average molecular weight is 788 g/mol. The van der Waals surface area contributed by atoms with Crippen molar-refractivity contribution >= 4 is 0 Å². The van der Waals surface area contributed by atoms with E-state index in [9.17, 15) is 0 Å². The fourth-order valence-corrected chi connectivity index (χ4v) is 1.04. The van der Waals surface area contributed by atoms with Crippen LogP contribution in [0, 0.1) is 108 Å². The fraction of sp³-hybridized carbons (Fsp3) is 0.469. The van der Waals surface area contributed by atoms with Crippen molar-refractivity contribution in [1.29, 1.82) is 0 Å². The topological polar surface area (TPSA) is 0 Å². The number of rotatable bonds is 7. The minimum Gasteiger partial charge on any atom is -0.358 e. The largest absolute Gasteiger partial charge is 4.00 e. The number of hydrogen-bond acceptors (Lipinski definition) is 0. The molecule has 0 aliphatic rings. The second-order valence-corrected chi connectivity index (χ2v) is 5.33. The Labute approximate surface area is 256 Å². The van der Waals surface area contributed by atoms with E-state index in [0.29, 0.717) is 0 Å². The Morgan fingerprint density at radius 2 is 0.765 bits per heavy atom. The minimum atomic E-state index is 0. The van der Waals surface area contributed by atoms with Crippen LogP contribution in [0.3, 0.4) is 0 Å². The van der Waals surface area contributed by atoms with Crippen LogP contribution in [0.4, 0.5) is 0 Å². The zero-order valence-electron chi connectivity index (χ0n) is 22.9. The van der Waals surface area contributed by atoms with E-state index in [2.05, 4.69) is 77.1 Å². The van der Waals surface area contributed by atoms with Crippen molar-refractivity contribution in [3.8, 4) is 53.3 Å². The SMILES string of the molecule is [C-]#CC#CC.[C-]#CC#CC.[C-]#CC#CC.[CH2-]CCCC.[CH2-]CCCCC.[CH2-]CCC[CH2-].[CH3-].[Hf+4].[Hf+4]. The Morgan fingerprint density at radius 3 is 0.794 bits per heavy atom. The van der Waals surface area contributed by atoms with Gasteiger partial charge >= 0.3 is 51.7 Å². The first kappa shape index (κ1) is 58.7. The molecule has 0 N–H and O–H groups in total. The van der Waals surface area contributed by atoms with Crippen molar-refractivity contribution in [1.82, 2.24) is 0 Å². The first-order chi connectivity index (χ1) is 15.0. The van der Waals surface area contributed by atoms with Crippen molar-refractivity contribution < 1.29 is 51.7 Å². The van der Waals surface area contributed by atoms with Crippen molar-refractivity contribution in [2.75, 3.05) is 0 Å². The van der Waals surface area contributed by atoms with E-state index >= 15 is 0 Å². The van der Waals surface area contributed by atoms with E-state index < -0.39 is 0 Å². The van der Waals surface area contributed by atoms with Crippen LogP contribution in [-0.2, 0) is 51.7 Å². The van der Waals surface area contributed by atoms with E-state index in [-0.39, 0.29) is 59.1 Å². The van der Waals surface area contributed by atoms with Gasteiger partial charge in [-0.1, -0.05) is 46.0 Å². The van der Waals surface area contributed by atoms with Gasteiger partial charge in [0, 0.05) is 0 Å². The maximum Gasteiger partial charge on any atom is 4.00 e. The van der Waals surface area contributed by atoms with Crippen molar-refractivity contribution in [3.05, 3.63) is 54.4 Å². The van der Waals surface area contributed by atoms with Crippen LogP contribution < -0.4 is 0 Å². The van der Waals surface area contributed by atoms with E-state index in [0.717, 1.165) is 25.7 Å². The molecule has 0 aromatic rings. The predicted octanol–water partition coefficient (Wildman–Crippen LogP) is 8.48. The molecule has 0 spiro atoms. The Kier molecular flexibility index (Phi) is 164. The van der Waals surface area contributed by atoms with Crippen LogP contribution >= 0.6 is 0 Å². The third-order valence-corrected chi connectivity index (χ3v) is 2.52. The smallest absolute Gasteiger partial charge is 0.358 e. The molecule has 0 unspecified atom stereocenters. The predicted molar refractivity (Wildman–Crippen MR) is 147 cm³/mol. The zero-order chi connectivity index (χ0) is 25.4. The first-order valence-electron chi connectivity index (χ1n) is 10.7. The Bertz CT molecular complexity index is 490. The molecule has 0 heterocycles. The van der Waals surface area contributed by atoms with Crippen LogP contribution in [0.25, 0.3) is 0 Å². The fourth-order valence-electron chi connectivity index (χ4n) is 1.04. The van der Waals surface area contributed by atoms with Crippen LogP contribution in [0.15, 0.2) is 0 Å². The van der Waals surface area contributed by atoms with Gasteiger partial charge in [-0.25, -0.2) is 17.8 Å². The molecule has 0 amide bonds. The molecule has 0 aromatic heterocycles. The molecule has 34 heavy (non-hydrogen) atoms. The number of hydrogen-bond donors (Lipinski definition) is 0. The molecule has 2 heteroatoms. The van der Waals surface area contributed by atoms with Crippen molar-refractivity contribution in [2.45, 2.75) is 98.8 Å². The Morgan fingerprint density at radius 1 is 0.500 bits per heavy atom. The van der Waals surface area contributed by atoms with Crippen molar-refractivity contribution in [2.24, 2.45) is 0 Å². The first-order valence-corrected chi connectivity index (χ1v) is 10.7. The maximum absolute atomic E-state index is 6.18. The van der Waals surface area contributed by atoms with Gasteiger partial charge in [-0.2, -0.15) is 25.7 Å². The van der Waals surface area contributed by atoms with Gasteiger partial charge in [0.25, 0.3) is 0 Å². The number of unbranched alkanes of at least 4 members (excludes halogenated alkanes) is 7. The average Bonchev–Trinajstić information content (AvgIpc) is 2.77. The van der Waals surface area contributed by atoms with Crippen LogP contribution in [-0.4, -0.2) is 0 Å². The molecule has 0 fully saturated rings. The Balaban J connectivity index is -0.0000000310. The van der Waals surface area contributed by atoms with E-state index in [1.54, 1.807) is 20.8 Å². The Hall–Kier alpha value is -0.900. The van der Waals surface area contributed by atoms with Gasteiger partial charge in [0.05, 0.1) is 0 Å². The molecular formula is C32H46Hf2. The second-order valence-electron chi connectivity index (χ2n) is 5.33. The monoisotopic (exact) mass is 790 g/mol. The third kappa shape index (κ3) is 192. The summed E-state index contributed by atoms with van der Waals surface area (Å²) in [4.78, 5) is 0. The summed E-state index contributed by atoms with van der Waals surface area (Å²) in [5.74, 6) is 20.0. The van der Waals surface area contributed by atoms with Crippen LogP contribution in [0.2, 0.25) is 0 Å². The second kappa shape index (κ2) is 94.8. The summed E-state index contributed by atoms with van der Waals surface area (Å²) < 4.78 is 0. The summed E-state index contributed by atoms with van der Waals surface area (Å²) in [5.41, 5.74) is 0.